The number of fused-ring (bicyclic) bond motifs is 1. The Bertz CT molecular complexity index is 952. The third-order valence-corrected chi connectivity index (χ3v) is 4.96. The smallest absolute Gasteiger partial charge is 0.282 e. The van der Waals surface area contributed by atoms with Crippen LogP contribution in [0.4, 0.5) is 0 Å². The van der Waals surface area contributed by atoms with E-state index in [1.54, 1.807) is 6.20 Å². The summed E-state index contributed by atoms with van der Waals surface area (Å²) in [5, 5.41) is 4.52. The lowest BCUT2D eigenvalue weighted by Gasteiger charge is -2.27. The first-order valence-corrected chi connectivity index (χ1v) is 9.16. The number of nitrogens with zero attached hydrogens (tertiary/aromatic N) is 4. The molecule has 3 heterocycles. The van der Waals surface area contributed by atoms with E-state index in [1.165, 1.54) is 4.68 Å². The largest absolute Gasteiger partial charge is 0.353 e. The summed E-state index contributed by atoms with van der Waals surface area (Å²) in [6.07, 6.45) is 6.83. The molecule has 1 amide bonds. The third kappa shape index (κ3) is 2.81. The molecule has 0 spiro atoms. The number of benzene rings is 1. The van der Waals surface area contributed by atoms with Crippen LogP contribution in [-0.4, -0.2) is 38.2 Å². The Labute approximate surface area is 152 Å². The lowest BCUT2D eigenvalue weighted by Crippen LogP contribution is -2.36. The molecule has 0 saturated carbocycles. The van der Waals surface area contributed by atoms with Crippen molar-refractivity contribution in [3.63, 3.8) is 0 Å². The summed E-state index contributed by atoms with van der Waals surface area (Å²) >= 11 is 0. The lowest BCUT2D eigenvalue weighted by atomic mass is 10.1. The fraction of sp³-hybridized carbons (Fsp3) is 0.350. The summed E-state index contributed by atoms with van der Waals surface area (Å²) in [7, 11) is 0. The van der Waals surface area contributed by atoms with Gasteiger partial charge in [0.25, 0.3) is 11.5 Å². The maximum atomic E-state index is 13.1. The van der Waals surface area contributed by atoms with Gasteiger partial charge < -0.3 is 9.47 Å². The second-order valence-corrected chi connectivity index (χ2v) is 6.67. The van der Waals surface area contributed by atoms with Crippen LogP contribution in [0.3, 0.4) is 0 Å². The molecule has 0 radical (unpaired) electrons. The van der Waals surface area contributed by atoms with E-state index in [1.807, 2.05) is 52.9 Å². The Hall–Kier alpha value is -2.89. The first-order chi connectivity index (χ1) is 12.7. The van der Waals surface area contributed by atoms with E-state index in [2.05, 4.69) is 5.10 Å². The van der Waals surface area contributed by atoms with Gasteiger partial charge in [-0.25, -0.2) is 0 Å². The number of piperidine rings is 1. The Morgan fingerprint density at radius 1 is 1.08 bits per heavy atom. The van der Waals surface area contributed by atoms with Crippen molar-refractivity contribution in [3.05, 3.63) is 58.6 Å². The van der Waals surface area contributed by atoms with Gasteiger partial charge in [-0.2, -0.15) is 9.78 Å². The van der Waals surface area contributed by atoms with Gasteiger partial charge in [0, 0.05) is 32.0 Å². The Balaban J connectivity index is 1.87. The molecule has 0 aliphatic carbocycles. The van der Waals surface area contributed by atoms with Gasteiger partial charge in [-0.1, -0.05) is 18.2 Å². The summed E-state index contributed by atoms with van der Waals surface area (Å²) < 4.78 is 3.27. The second-order valence-electron chi connectivity index (χ2n) is 6.67. The zero-order valence-corrected chi connectivity index (χ0v) is 14.9. The lowest BCUT2D eigenvalue weighted by molar-refractivity contribution is 0.0724. The van der Waals surface area contributed by atoms with E-state index >= 15 is 0 Å². The monoisotopic (exact) mass is 350 g/mol. The van der Waals surface area contributed by atoms with Crippen LogP contribution in [0, 0.1) is 0 Å². The number of rotatable bonds is 3. The molecule has 1 fully saturated rings. The topological polar surface area (TPSA) is 60.1 Å². The molecule has 0 unspecified atom stereocenters. The van der Waals surface area contributed by atoms with E-state index in [0.29, 0.717) is 29.1 Å². The van der Waals surface area contributed by atoms with Crippen molar-refractivity contribution in [1.82, 2.24) is 19.2 Å². The zero-order chi connectivity index (χ0) is 18.1. The van der Waals surface area contributed by atoms with E-state index in [0.717, 1.165) is 32.4 Å². The highest BCUT2D eigenvalue weighted by atomic mass is 16.2. The number of aromatic nitrogens is 3. The number of carbonyl (C=O) groups excluding carboxylic acids is 1. The van der Waals surface area contributed by atoms with Crippen LogP contribution in [0.2, 0.25) is 0 Å². The van der Waals surface area contributed by atoms with Crippen molar-refractivity contribution in [2.24, 2.45) is 0 Å². The molecule has 6 nitrogen and oxygen atoms in total. The molecule has 26 heavy (non-hydrogen) atoms. The first-order valence-electron chi connectivity index (χ1n) is 9.16. The number of pyridine rings is 1. The Morgan fingerprint density at radius 3 is 2.50 bits per heavy atom. The standard InChI is InChI=1S/C20H22N4O2/c1-2-22-13-16(19(25)23-11-7-4-8-12-23)18-17(14-22)20(26)24(21-18)15-9-5-3-6-10-15/h3,5-6,9-10,13-14H,2,4,7-8,11-12H2,1H3. The highest BCUT2D eigenvalue weighted by molar-refractivity contribution is 6.00. The van der Waals surface area contributed by atoms with Crippen LogP contribution >= 0.6 is 0 Å². The van der Waals surface area contributed by atoms with Crippen LogP contribution < -0.4 is 5.56 Å². The van der Waals surface area contributed by atoms with Crippen LogP contribution in [0.25, 0.3) is 16.9 Å². The molecule has 6 heteroatoms. The summed E-state index contributed by atoms with van der Waals surface area (Å²) in [6, 6.07) is 9.31. The van der Waals surface area contributed by atoms with E-state index in [-0.39, 0.29) is 11.5 Å². The molecule has 0 bridgehead atoms. The quantitative estimate of drug-likeness (QED) is 0.730. The van der Waals surface area contributed by atoms with Crippen molar-refractivity contribution in [3.8, 4) is 16.9 Å². The normalized spacial score (nSPS) is 14.7. The third-order valence-electron chi connectivity index (χ3n) is 4.96. The van der Waals surface area contributed by atoms with E-state index < -0.39 is 0 Å². The fourth-order valence-electron chi connectivity index (χ4n) is 3.51. The predicted molar refractivity (Wildman–Crippen MR) is 99.9 cm³/mol. The summed E-state index contributed by atoms with van der Waals surface area (Å²) in [6.45, 7) is 4.22. The molecular weight excluding hydrogens is 328 g/mol. The summed E-state index contributed by atoms with van der Waals surface area (Å²) in [5.74, 6) is -0.0322. The van der Waals surface area contributed by atoms with Gasteiger partial charge in [-0.05, 0) is 38.3 Å². The van der Waals surface area contributed by atoms with E-state index in [4.69, 9.17) is 0 Å². The summed E-state index contributed by atoms with van der Waals surface area (Å²) in [5.41, 5.74) is 1.99. The Kier molecular flexibility index (Phi) is 4.32. The van der Waals surface area contributed by atoms with Gasteiger partial charge in [0.2, 0.25) is 0 Å². The number of carbonyl (C=O) groups is 1. The van der Waals surface area contributed by atoms with Crippen LogP contribution in [0.15, 0.2) is 47.5 Å². The maximum Gasteiger partial charge on any atom is 0.282 e. The van der Waals surface area contributed by atoms with Crippen LogP contribution in [-0.2, 0) is 6.54 Å². The van der Waals surface area contributed by atoms with Crippen LogP contribution in [0.1, 0.15) is 36.5 Å². The van der Waals surface area contributed by atoms with Gasteiger partial charge in [0.1, 0.15) is 5.69 Å². The fourth-order valence-corrected chi connectivity index (χ4v) is 3.51. The van der Waals surface area contributed by atoms with Gasteiger partial charge in [0.15, 0.2) is 0 Å². The highest BCUT2D eigenvalue weighted by Crippen LogP contribution is 2.24. The molecule has 134 valence electrons. The molecule has 3 aliphatic heterocycles. The number of likely N-dealkylation sites (tertiary alicyclic amines) is 1. The first kappa shape index (κ1) is 16.6. The van der Waals surface area contributed by atoms with Crippen LogP contribution in [0.5, 0.6) is 0 Å². The van der Waals surface area contributed by atoms with Crippen molar-refractivity contribution >= 4 is 5.91 Å². The Morgan fingerprint density at radius 2 is 1.81 bits per heavy atom. The number of aryl methyl sites for hydroxylation is 1. The van der Waals surface area contributed by atoms with Crippen molar-refractivity contribution in [1.29, 1.82) is 0 Å². The van der Waals surface area contributed by atoms with Gasteiger partial charge in [0.05, 0.1) is 16.8 Å². The molecule has 1 aromatic rings. The van der Waals surface area contributed by atoms with Gasteiger partial charge in [-0.3, -0.25) is 9.59 Å². The van der Waals surface area contributed by atoms with Gasteiger partial charge >= 0.3 is 0 Å². The molecule has 0 aromatic heterocycles. The number of para-hydroxylation sites is 1. The zero-order valence-electron chi connectivity index (χ0n) is 14.9. The predicted octanol–water partition coefficient (Wildman–Crippen LogP) is 2.78. The average Bonchev–Trinajstić information content (AvgIpc) is 3.04. The molecule has 3 aliphatic rings. The molecule has 1 saturated heterocycles. The minimum Gasteiger partial charge on any atom is -0.353 e. The number of hydrogen-bond acceptors (Lipinski definition) is 3. The molecule has 0 atom stereocenters. The summed E-state index contributed by atoms with van der Waals surface area (Å²) in [4.78, 5) is 27.9. The molecule has 4 rings (SSSR count). The molecular formula is C20H22N4O2. The number of hydrogen-bond donors (Lipinski definition) is 0. The highest BCUT2D eigenvalue weighted by Gasteiger charge is 2.27. The molecule has 1 aromatic carbocycles. The minimum absolute atomic E-state index is 0.0322. The average molecular weight is 350 g/mol. The maximum absolute atomic E-state index is 13.1. The molecule has 0 N–H and O–H groups in total. The van der Waals surface area contributed by atoms with Crippen molar-refractivity contribution in [2.45, 2.75) is 32.7 Å². The minimum atomic E-state index is -0.193. The van der Waals surface area contributed by atoms with Crippen molar-refractivity contribution < 1.29 is 4.79 Å². The number of amides is 1. The van der Waals surface area contributed by atoms with E-state index in [9.17, 15) is 9.59 Å². The van der Waals surface area contributed by atoms with Crippen molar-refractivity contribution in [2.75, 3.05) is 13.1 Å². The van der Waals surface area contributed by atoms with Gasteiger partial charge in [-0.15, -0.1) is 0 Å². The second kappa shape index (κ2) is 6.78. The SMILES string of the molecule is CCn1cc(C(=O)N2CCCCC2)c2nn(-c3ccccc3)c(=O)c-2c1.